The quantitative estimate of drug-likeness (QED) is 0.810. The number of amides is 1. The summed E-state index contributed by atoms with van der Waals surface area (Å²) in [5, 5.41) is 11.9. The topological polar surface area (TPSA) is 71.0 Å². The lowest BCUT2D eigenvalue weighted by Crippen LogP contribution is -2.55. The molecule has 19 heavy (non-hydrogen) atoms. The second-order valence-corrected chi connectivity index (χ2v) is 4.55. The molecule has 6 nitrogen and oxygen atoms in total. The summed E-state index contributed by atoms with van der Waals surface area (Å²) in [4.78, 5) is 13.9. The summed E-state index contributed by atoms with van der Waals surface area (Å²) in [6.07, 6.45) is 0.417. The van der Waals surface area contributed by atoms with Crippen molar-refractivity contribution in [1.82, 2.24) is 5.32 Å². The van der Waals surface area contributed by atoms with Gasteiger partial charge in [0.05, 0.1) is 0 Å². The van der Waals surface area contributed by atoms with Gasteiger partial charge in [-0.1, -0.05) is 0 Å². The molecule has 3 rings (SSSR count). The molecule has 0 radical (unpaired) electrons. The maximum atomic E-state index is 11.9. The van der Waals surface area contributed by atoms with E-state index in [2.05, 4.69) is 5.32 Å². The number of anilines is 1. The van der Waals surface area contributed by atoms with Crippen molar-refractivity contribution in [3.63, 3.8) is 0 Å². The third-order valence-electron chi connectivity index (χ3n) is 3.42. The Morgan fingerprint density at radius 1 is 1.37 bits per heavy atom. The molecule has 1 aromatic carbocycles. The van der Waals surface area contributed by atoms with Crippen molar-refractivity contribution in [3.05, 3.63) is 18.2 Å². The summed E-state index contributed by atoms with van der Waals surface area (Å²) in [7, 11) is 0. The lowest BCUT2D eigenvalue weighted by Gasteiger charge is -2.36. The predicted octanol–water partition coefficient (Wildman–Crippen LogP) is 0.102. The number of carbonyl (C=O) groups excluding carboxylic acids is 1. The number of piperazine rings is 1. The van der Waals surface area contributed by atoms with E-state index in [0.717, 1.165) is 18.0 Å². The number of hydrogen-bond acceptors (Lipinski definition) is 5. The van der Waals surface area contributed by atoms with Crippen molar-refractivity contribution in [2.24, 2.45) is 0 Å². The highest BCUT2D eigenvalue weighted by Gasteiger charge is 2.30. The molecule has 2 aliphatic heterocycles. The predicted molar refractivity (Wildman–Crippen MR) is 68.4 cm³/mol. The van der Waals surface area contributed by atoms with Gasteiger partial charge in [0, 0.05) is 31.5 Å². The molecular weight excluding hydrogens is 248 g/mol. The summed E-state index contributed by atoms with van der Waals surface area (Å²) >= 11 is 0. The van der Waals surface area contributed by atoms with Gasteiger partial charge in [-0.3, -0.25) is 4.79 Å². The minimum absolute atomic E-state index is 0.0147. The highest BCUT2D eigenvalue weighted by Crippen LogP contribution is 2.36. The Kier molecular flexibility index (Phi) is 3.16. The summed E-state index contributed by atoms with van der Waals surface area (Å²) in [5.41, 5.74) is 0.914. The van der Waals surface area contributed by atoms with Gasteiger partial charge < -0.3 is 24.8 Å². The van der Waals surface area contributed by atoms with Gasteiger partial charge in [-0.05, 0) is 18.6 Å². The molecule has 1 unspecified atom stereocenters. The first-order chi connectivity index (χ1) is 9.29. The number of benzene rings is 1. The van der Waals surface area contributed by atoms with Crippen molar-refractivity contribution in [2.75, 3.05) is 31.4 Å². The molecule has 2 heterocycles. The van der Waals surface area contributed by atoms with Gasteiger partial charge in [0.2, 0.25) is 12.7 Å². The van der Waals surface area contributed by atoms with Crippen molar-refractivity contribution in [1.29, 1.82) is 0 Å². The first kappa shape index (κ1) is 12.1. The standard InChI is InChI=1S/C13H16N2O4/c16-6-3-10-13(17)14-4-5-15(10)9-1-2-11-12(7-9)19-8-18-11/h1-2,7,10,16H,3-6,8H2,(H,14,17). The van der Waals surface area contributed by atoms with E-state index in [9.17, 15) is 4.79 Å². The van der Waals surface area contributed by atoms with E-state index in [4.69, 9.17) is 14.6 Å². The molecule has 2 aliphatic rings. The van der Waals surface area contributed by atoms with Crippen molar-refractivity contribution in [3.8, 4) is 11.5 Å². The zero-order valence-electron chi connectivity index (χ0n) is 10.5. The molecule has 2 N–H and O–H groups in total. The van der Waals surface area contributed by atoms with Crippen LogP contribution in [-0.2, 0) is 4.79 Å². The van der Waals surface area contributed by atoms with E-state index in [1.165, 1.54) is 0 Å². The monoisotopic (exact) mass is 264 g/mol. The number of fused-ring (bicyclic) bond motifs is 1. The number of rotatable bonds is 3. The Hall–Kier alpha value is -1.95. The van der Waals surface area contributed by atoms with Crippen LogP contribution < -0.4 is 19.7 Å². The third kappa shape index (κ3) is 2.19. The van der Waals surface area contributed by atoms with Gasteiger partial charge >= 0.3 is 0 Å². The van der Waals surface area contributed by atoms with Crippen molar-refractivity contribution >= 4 is 11.6 Å². The highest BCUT2D eigenvalue weighted by molar-refractivity contribution is 5.86. The van der Waals surface area contributed by atoms with Gasteiger partial charge in [-0.15, -0.1) is 0 Å². The third-order valence-corrected chi connectivity index (χ3v) is 3.42. The Labute approximate surface area is 110 Å². The van der Waals surface area contributed by atoms with Gasteiger partial charge in [0.15, 0.2) is 11.5 Å². The second kappa shape index (κ2) is 4.97. The first-order valence-electron chi connectivity index (χ1n) is 6.34. The van der Waals surface area contributed by atoms with Crippen LogP contribution >= 0.6 is 0 Å². The molecular formula is C13H16N2O4. The lowest BCUT2D eigenvalue weighted by atomic mass is 10.1. The van der Waals surface area contributed by atoms with Crippen LogP contribution in [0.15, 0.2) is 18.2 Å². The van der Waals surface area contributed by atoms with E-state index in [0.29, 0.717) is 18.7 Å². The molecule has 0 aliphatic carbocycles. The largest absolute Gasteiger partial charge is 0.454 e. The zero-order chi connectivity index (χ0) is 13.2. The summed E-state index contributed by atoms with van der Waals surface area (Å²) in [6.45, 7) is 1.55. The average Bonchev–Trinajstić information content (AvgIpc) is 2.88. The minimum atomic E-state index is -0.334. The van der Waals surface area contributed by atoms with E-state index >= 15 is 0 Å². The molecule has 1 amide bonds. The second-order valence-electron chi connectivity index (χ2n) is 4.55. The van der Waals surface area contributed by atoms with Crippen LogP contribution in [0, 0.1) is 0 Å². The molecule has 1 saturated heterocycles. The molecule has 0 saturated carbocycles. The summed E-state index contributed by atoms with van der Waals surface area (Å²) < 4.78 is 10.6. The molecule has 1 aromatic rings. The SMILES string of the molecule is O=C1NCCN(c2ccc3c(c2)OCO3)C1CCO. The van der Waals surface area contributed by atoms with Crippen LogP contribution in [0.4, 0.5) is 5.69 Å². The van der Waals surface area contributed by atoms with E-state index in [1.807, 2.05) is 23.1 Å². The van der Waals surface area contributed by atoms with E-state index in [-0.39, 0.29) is 25.3 Å². The minimum Gasteiger partial charge on any atom is -0.454 e. The number of aliphatic hydroxyl groups is 1. The maximum Gasteiger partial charge on any atom is 0.242 e. The van der Waals surface area contributed by atoms with Gasteiger partial charge in [-0.2, -0.15) is 0 Å². The van der Waals surface area contributed by atoms with Crippen molar-refractivity contribution in [2.45, 2.75) is 12.5 Å². The molecule has 6 heteroatoms. The summed E-state index contributed by atoms with van der Waals surface area (Å²) in [5.74, 6) is 1.38. The number of ether oxygens (including phenoxy) is 2. The fourth-order valence-corrected chi connectivity index (χ4v) is 2.50. The average molecular weight is 264 g/mol. The number of hydrogen-bond donors (Lipinski definition) is 2. The number of aliphatic hydroxyl groups excluding tert-OH is 1. The number of nitrogens with one attached hydrogen (secondary N) is 1. The number of nitrogens with zero attached hydrogens (tertiary/aromatic N) is 1. The van der Waals surface area contributed by atoms with E-state index < -0.39 is 0 Å². The smallest absolute Gasteiger partial charge is 0.242 e. The molecule has 102 valence electrons. The Morgan fingerprint density at radius 2 is 2.21 bits per heavy atom. The van der Waals surface area contributed by atoms with Crippen LogP contribution in [0.25, 0.3) is 0 Å². The molecule has 0 spiro atoms. The molecule has 1 fully saturated rings. The zero-order valence-corrected chi connectivity index (χ0v) is 10.5. The van der Waals surface area contributed by atoms with Crippen LogP contribution in [0.2, 0.25) is 0 Å². The fraction of sp³-hybridized carbons (Fsp3) is 0.462. The van der Waals surface area contributed by atoms with Crippen LogP contribution in [-0.4, -0.2) is 43.5 Å². The Morgan fingerprint density at radius 3 is 3.05 bits per heavy atom. The Bertz CT molecular complexity index is 492. The van der Waals surface area contributed by atoms with E-state index in [1.54, 1.807) is 0 Å². The fourth-order valence-electron chi connectivity index (χ4n) is 2.50. The normalized spacial score (nSPS) is 21.4. The van der Waals surface area contributed by atoms with Crippen LogP contribution in [0.5, 0.6) is 11.5 Å². The van der Waals surface area contributed by atoms with Crippen molar-refractivity contribution < 1.29 is 19.4 Å². The summed E-state index contributed by atoms with van der Waals surface area (Å²) in [6, 6.07) is 5.31. The van der Waals surface area contributed by atoms with Crippen LogP contribution in [0.3, 0.4) is 0 Å². The van der Waals surface area contributed by atoms with Crippen LogP contribution in [0.1, 0.15) is 6.42 Å². The Balaban J connectivity index is 1.88. The highest BCUT2D eigenvalue weighted by atomic mass is 16.7. The van der Waals surface area contributed by atoms with Gasteiger partial charge in [-0.25, -0.2) is 0 Å². The molecule has 0 bridgehead atoms. The maximum absolute atomic E-state index is 11.9. The van der Waals surface area contributed by atoms with Gasteiger partial charge in [0.1, 0.15) is 6.04 Å². The molecule has 0 aromatic heterocycles. The first-order valence-corrected chi connectivity index (χ1v) is 6.34. The molecule has 1 atom stereocenters. The lowest BCUT2D eigenvalue weighted by molar-refractivity contribution is -0.123. The number of carbonyl (C=O) groups is 1. The van der Waals surface area contributed by atoms with Gasteiger partial charge in [0.25, 0.3) is 0 Å².